The van der Waals surface area contributed by atoms with Gasteiger partial charge in [0.05, 0.1) is 24.4 Å². The van der Waals surface area contributed by atoms with Gasteiger partial charge in [-0.3, -0.25) is 0 Å². The molecule has 4 nitrogen and oxygen atoms in total. The van der Waals surface area contributed by atoms with Crippen molar-refractivity contribution in [1.29, 1.82) is 0 Å². The summed E-state index contributed by atoms with van der Waals surface area (Å²) >= 11 is 2.24. The van der Waals surface area contributed by atoms with Crippen LogP contribution in [0.5, 0.6) is 11.5 Å². The largest absolute Gasteiger partial charge is 0.496 e. The SMILES string of the molecule is COc1cc(CCNCc2ccccc2CO)c(OC)cc1I. The van der Waals surface area contributed by atoms with Crippen LogP contribution in [0, 0.1) is 3.57 Å². The van der Waals surface area contributed by atoms with Gasteiger partial charge in [-0.2, -0.15) is 0 Å². The normalized spacial score (nSPS) is 10.6. The fourth-order valence-corrected chi connectivity index (χ4v) is 3.11. The first-order valence-electron chi connectivity index (χ1n) is 7.48. The van der Waals surface area contributed by atoms with Gasteiger partial charge in [0.15, 0.2) is 0 Å². The summed E-state index contributed by atoms with van der Waals surface area (Å²) in [6.07, 6.45) is 0.845. The minimum atomic E-state index is 0.0694. The Hall–Kier alpha value is -1.31. The number of ether oxygens (including phenoxy) is 2. The van der Waals surface area contributed by atoms with Crippen molar-refractivity contribution in [2.45, 2.75) is 19.6 Å². The predicted molar refractivity (Wildman–Crippen MR) is 100 cm³/mol. The maximum atomic E-state index is 9.35. The van der Waals surface area contributed by atoms with Gasteiger partial charge < -0.3 is 19.9 Å². The number of hydrogen-bond donors (Lipinski definition) is 2. The van der Waals surface area contributed by atoms with E-state index in [0.717, 1.165) is 51.3 Å². The molecule has 0 atom stereocenters. The van der Waals surface area contributed by atoms with Gasteiger partial charge in [-0.1, -0.05) is 24.3 Å². The van der Waals surface area contributed by atoms with E-state index in [1.165, 1.54) is 0 Å². The Bertz CT molecular complexity index is 646. The summed E-state index contributed by atoms with van der Waals surface area (Å²) in [4.78, 5) is 0. The monoisotopic (exact) mass is 427 g/mol. The van der Waals surface area contributed by atoms with Crippen molar-refractivity contribution in [3.05, 3.63) is 56.7 Å². The molecule has 0 aliphatic carbocycles. The molecule has 0 spiro atoms. The zero-order chi connectivity index (χ0) is 16.7. The standard InChI is InChI=1S/C18H22INO3/c1-22-17-10-16(19)18(23-2)9-13(17)7-8-20-11-14-5-3-4-6-15(14)12-21/h3-6,9-10,20-21H,7-8,11-12H2,1-2H3. The number of hydrogen-bond acceptors (Lipinski definition) is 4. The highest BCUT2D eigenvalue weighted by Crippen LogP contribution is 2.30. The molecule has 124 valence electrons. The van der Waals surface area contributed by atoms with Crippen molar-refractivity contribution in [2.75, 3.05) is 20.8 Å². The topological polar surface area (TPSA) is 50.7 Å². The molecule has 23 heavy (non-hydrogen) atoms. The Labute approximate surface area is 151 Å². The average molecular weight is 427 g/mol. The first kappa shape index (κ1) is 18.0. The van der Waals surface area contributed by atoms with Crippen molar-refractivity contribution < 1.29 is 14.6 Å². The Balaban J connectivity index is 1.96. The molecule has 2 aromatic rings. The molecular formula is C18H22INO3. The fourth-order valence-electron chi connectivity index (χ4n) is 2.45. The second-order valence-corrected chi connectivity index (χ2v) is 6.31. The molecule has 0 aliphatic rings. The van der Waals surface area contributed by atoms with Crippen LogP contribution in [0.3, 0.4) is 0 Å². The minimum absolute atomic E-state index is 0.0694. The van der Waals surface area contributed by atoms with Gasteiger partial charge in [0, 0.05) is 6.54 Å². The van der Waals surface area contributed by atoms with Crippen LogP contribution in [-0.2, 0) is 19.6 Å². The van der Waals surface area contributed by atoms with Crippen LogP contribution in [0.25, 0.3) is 0 Å². The highest BCUT2D eigenvalue weighted by atomic mass is 127. The summed E-state index contributed by atoms with van der Waals surface area (Å²) in [7, 11) is 3.37. The third kappa shape index (κ3) is 4.83. The highest BCUT2D eigenvalue weighted by molar-refractivity contribution is 14.1. The Morgan fingerprint density at radius 2 is 1.70 bits per heavy atom. The van der Waals surface area contributed by atoms with E-state index >= 15 is 0 Å². The maximum Gasteiger partial charge on any atom is 0.132 e. The number of aliphatic hydroxyl groups is 1. The number of benzene rings is 2. The summed E-state index contributed by atoms with van der Waals surface area (Å²) in [5, 5.41) is 12.8. The van der Waals surface area contributed by atoms with E-state index in [1.54, 1.807) is 14.2 Å². The lowest BCUT2D eigenvalue weighted by molar-refractivity contribution is 0.280. The minimum Gasteiger partial charge on any atom is -0.496 e. The van der Waals surface area contributed by atoms with E-state index in [0.29, 0.717) is 0 Å². The number of halogens is 1. The van der Waals surface area contributed by atoms with E-state index in [2.05, 4.69) is 27.9 Å². The van der Waals surface area contributed by atoms with Crippen LogP contribution in [0.4, 0.5) is 0 Å². The van der Waals surface area contributed by atoms with Gasteiger partial charge in [0.2, 0.25) is 0 Å². The second kappa shape index (κ2) is 9.10. The molecule has 0 aliphatic heterocycles. The van der Waals surface area contributed by atoms with Crippen molar-refractivity contribution in [1.82, 2.24) is 5.32 Å². The van der Waals surface area contributed by atoms with E-state index < -0.39 is 0 Å². The third-order valence-electron chi connectivity index (χ3n) is 3.73. The molecule has 0 heterocycles. The maximum absolute atomic E-state index is 9.35. The van der Waals surface area contributed by atoms with Crippen LogP contribution < -0.4 is 14.8 Å². The van der Waals surface area contributed by atoms with E-state index in [4.69, 9.17) is 9.47 Å². The molecule has 2 rings (SSSR count). The van der Waals surface area contributed by atoms with Crippen molar-refractivity contribution in [3.8, 4) is 11.5 Å². The van der Waals surface area contributed by atoms with Crippen molar-refractivity contribution >= 4 is 22.6 Å². The second-order valence-electron chi connectivity index (χ2n) is 5.15. The van der Waals surface area contributed by atoms with Crippen LogP contribution >= 0.6 is 22.6 Å². The fraction of sp³-hybridized carbons (Fsp3) is 0.333. The molecular weight excluding hydrogens is 405 g/mol. The molecule has 0 amide bonds. The summed E-state index contributed by atoms with van der Waals surface area (Å²) in [6.45, 7) is 1.63. The van der Waals surface area contributed by atoms with Crippen LogP contribution in [0.15, 0.2) is 36.4 Å². The number of rotatable bonds is 8. The summed E-state index contributed by atoms with van der Waals surface area (Å²) in [6, 6.07) is 11.9. The lowest BCUT2D eigenvalue weighted by Gasteiger charge is -2.13. The smallest absolute Gasteiger partial charge is 0.132 e. The number of methoxy groups -OCH3 is 2. The quantitative estimate of drug-likeness (QED) is 0.502. The van der Waals surface area contributed by atoms with Crippen molar-refractivity contribution in [3.63, 3.8) is 0 Å². The molecule has 0 fully saturated rings. The van der Waals surface area contributed by atoms with Crippen LogP contribution in [0.1, 0.15) is 16.7 Å². The van der Waals surface area contributed by atoms with Gasteiger partial charge in [0.1, 0.15) is 11.5 Å². The van der Waals surface area contributed by atoms with E-state index in [-0.39, 0.29) is 6.61 Å². The molecule has 0 aromatic heterocycles. The lowest BCUT2D eigenvalue weighted by Crippen LogP contribution is -2.18. The Morgan fingerprint density at radius 1 is 1.00 bits per heavy atom. The zero-order valence-corrected chi connectivity index (χ0v) is 15.6. The van der Waals surface area contributed by atoms with Gasteiger partial charge >= 0.3 is 0 Å². The molecule has 5 heteroatoms. The zero-order valence-electron chi connectivity index (χ0n) is 13.4. The van der Waals surface area contributed by atoms with E-state index in [1.807, 2.05) is 36.4 Å². The van der Waals surface area contributed by atoms with Crippen LogP contribution in [0.2, 0.25) is 0 Å². The lowest BCUT2D eigenvalue weighted by atomic mass is 10.1. The first-order valence-corrected chi connectivity index (χ1v) is 8.56. The number of nitrogens with one attached hydrogen (secondary N) is 1. The summed E-state index contributed by atoms with van der Waals surface area (Å²) < 4.78 is 11.9. The molecule has 2 N–H and O–H groups in total. The summed E-state index contributed by atoms with van der Waals surface area (Å²) in [5.41, 5.74) is 3.21. The molecule has 2 aromatic carbocycles. The number of aliphatic hydroxyl groups excluding tert-OH is 1. The van der Waals surface area contributed by atoms with Gasteiger partial charge in [-0.15, -0.1) is 0 Å². The van der Waals surface area contributed by atoms with Gasteiger partial charge in [-0.25, -0.2) is 0 Å². The molecule has 0 radical (unpaired) electrons. The Morgan fingerprint density at radius 3 is 2.35 bits per heavy atom. The predicted octanol–water partition coefficient (Wildman–Crippen LogP) is 3.13. The highest BCUT2D eigenvalue weighted by Gasteiger charge is 2.09. The van der Waals surface area contributed by atoms with Crippen LogP contribution in [-0.4, -0.2) is 25.9 Å². The average Bonchev–Trinajstić information content (AvgIpc) is 2.59. The van der Waals surface area contributed by atoms with Crippen molar-refractivity contribution in [2.24, 2.45) is 0 Å². The molecule has 0 saturated heterocycles. The first-order chi connectivity index (χ1) is 11.2. The molecule has 0 unspecified atom stereocenters. The van der Waals surface area contributed by atoms with Gasteiger partial charge in [0.25, 0.3) is 0 Å². The Kier molecular flexibility index (Phi) is 7.14. The molecule has 0 saturated carbocycles. The van der Waals surface area contributed by atoms with E-state index in [9.17, 15) is 5.11 Å². The molecule has 0 bridgehead atoms. The van der Waals surface area contributed by atoms with Gasteiger partial charge in [-0.05, 0) is 64.4 Å². The summed E-state index contributed by atoms with van der Waals surface area (Å²) in [5.74, 6) is 1.75. The third-order valence-corrected chi connectivity index (χ3v) is 4.57.